The molecule has 1 amide bonds. The Bertz CT molecular complexity index is 1490. The van der Waals surface area contributed by atoms with Gasteiger partial charge in [0.25, 0.3) is 5.91 Å². The molecule has 1 aromatic heterocycles. The first-order chi connectivity index (χ1) is 20.7. The van der Waals surface area contributed by atoms with Gasteiger partial charge in [-0.25, -0.2) is 4.39 Å². The standard InChI is InChI=1S/C32H38FN7O3/c1-21(33)30(42)40-16-15-39(18-23(40)11-13-34)29-25-10-12-32(17-22-7-4-5-9-26(22)38(3)20-32)28(41)27(25)35-31(36-29)43-19-24-8-6-14-37(24)2/h4-5,7,9,23-24H,1,6,8,10-12,14-20H2,2-3H3/t23-,24-,32-/m0/s1. The third kappa shape index (κ3) is 5.33. The molecule has 4 heterocycles. The molecule has 0 N–H and O–H groups in total. The van der Waals surface area contributed by atoms with Crippen LogP contribution in [0.1, 0.15) is 47.3 Å². The fraction of sp³-hybridized carbons (Fsp3) is 0.531. The van der Waals surface area contributed by atoms with Crippen LogP contribution >= 0.6 is 0 Å². The van der Waals surface area contributed by atoms with Gasteiger partial charge in [0.05, 0.1) is 23.9 Å². The SMILES string of the molecule is C=C(F)C(=O)N1CCN(c2nc(OC[C@@H]3CCCN3C)nc3c2CC[C@@]2(Cc4ccccc4N(C)C2)C3=O)C[C@@H]1CC#N. The maximum atomic E-state index is 14.5. The van der Waals surface area contributed by atoms with Crippen LogP contribution in [0.25, 0.3) is 0 Å². The summed E-state index contributed by atoms with van der Waals surface area (Å²) in [6, 6.07) is 10.2. The van der Waals surface area contributed by atoms with Crippen LogP contribution in [0.3, 0.4) is 0 Å². The second-order valence-electron chi connectivity index (χ2n) is 12.4. The molecule has 3 atom stereocenters. The smallest absolute Gasteiger partial charge is 0.319 e. The topological polar surface area (TPSA) is 106 Å². The van der Waals surface area contributed by atoms with Crippen molar-refractivity contribution in [3.63, 3.8) is 0 Å². The number of likely N-dealkylation sites (N-methyl/N-ethyl adjacent to an activating group) is 1. The predicted octanol–water partition coefficient (Wildman–Crippen LogP) is 3.17. The number of halogens is 1. The molecule has 0 saturated carbocycles. The van der Waals surface area contributed by atoms with E-state index in [1.54, 1.807) is 0 Å². The first kappa shape index (κ1) is 29.1. The summed E-state index contributed by atoms with van der Waals surface area (Å²) in [6.45, 7) is 6.03. The van der Waals surface area contributed by atoms with E-state index in [0.717, 1.165) is 36.2 Å². The first-order valence-electron chi connectivity index (χ1n) is 15.1. The van der Waals surface area contributed by atoms with Gasteiger partial charge in [0.15, 0.2) is 11.6 Å². The summed E-state index contributed by atoms with van der Waals surface area (Å²) >= 11 is 0. The number of nitriles is 1. The number of carbonyl (C=O) groups is 2. The van der Waals surface area contributed by atoms with Crippen molar-refractivity contribution in [3.05, 3.63) is 53.5 Å². The summed E-state index contributed by atoms with van der Waals surface area (Å²) in [7, 11) is 4.11. The number of aromatic nitrogens is 2. The Balaban J connectivity index is 1.35. The molecule has 2 fully saturated rings. The summed E-state index contributed by atoms with van der Waals surface area (Å²) in [4.78, 5) is 44.4. The summed E-state index contributed by atoms with van der Waals surface area (Å²) in [5, 5.41) is 9.49. The van der Waals surface area contributed by atoms with Gasteiger partial charge < -0.3 is 24.3 Å². The molecule has 3 aliphatic heterocycles. The highest BCUT2D eigenvalue weighted by atomic mass is 19.1. The number of ketones is 1. The van der Waals surface area contributed by atoms with E-state index >= 15 is 0 Å². The van der Waals surface area contributed by atoms with Gasteiger partial charge in [-0.2, -0.15) is 15.2 Å². The number of Topliss-reactive ketones (excluding diaryl/α,β-unsaturated/α-hetero) is 1. The Kier molecular flexibility index (Phi) is 7.81. The average Bonchev–Trinajstić information content (AvgIpc) is 3.42. The van der Waals surface area contributed by atoms with E-state index in [1.165, 1.54) is 4.90 Å². The Morgan fingerprint density at radius 2 is 2.02 bits per heavy atom. The number of amides is 1. The minimum atomic E-state index is -1.04. The number of ether oxygens (including phenoxy) is 1. The average molecular weight is 588 g/mol. The van der Waals surface area contributed by atoms with Crippen molar-refractivity contribution in [2.75, 3.05) is 63.2 Å². The lowest BCUT2D eigenvalue weighted by Crippen LogP contribution is -2.56. The van der Waals surface area contributed by atoms with Gasteiger partial charge in [-0.15, -0.1) is 0 Å². The Hall–Kier alpha value is -4.04. The first-order valence-corrected chi connectivity index (χ1v) is 15.1. The van der Waals surface area contributed by atoms with Gasteiger partial charge in [-0.1, -0.05) is 24.8 Å². The third-order valence-electron chi connectivity index (χ3n) is 9.67. The van der Waals surface area contributed by atoms with Crippen LogP contribution in [0.4, 0.5) is 15.9 Å². The maximum absolute atomic E-state index is 14.5. The number of piperazine rings is 1. The van der Waals surface area contributed by atoms with Crippen LogP contribution in [0.5, 0.6) is 6.01 Å². The van der Waals surface area contributed by atoms with Crippen LogP contribution in [-0.4, -0.2) is 97.0 Å². The summed E-state index contributed by atoms with van der Waals surface area (Å²) in [6.07, 6.45) is 4.07. The summed E-state index contributed by atoms with van der Waals surface area (Å²) in [5.74, 6) is -1.24. The van der Waals surface area contributed by atoms with E-state index in [-0.39, 0.29) is 37.3 Å². The number of hydrogen-bond acceptors (Lipinski definition) is 9. The van der Waals surface area contributed by atoms with E-state index in [9.17, 15) is 19.2 Å². The highest BCUT2D eigenvalue weighted by molar-refractivity contribution is 6.03. The molecular formula is C32H38FN7O3. The highest BCUT2D eigenvalue weighted by Gasteiger charge is 2.48. The van der Waals surface area contributed by atoms with Gasteiger partial charge in [-0.05, 0) is 57.3 Å². The summed E-state index contributed by atoms with van der Waals surface area (Å²) < 4.78 is 20.0. The maximum Gasteiger partial charge on any atom is 0.319 e. The number of hydrogen-bond donors (Lipinski definition) is 0. The molecule has 11 heteroatoms. The molecule has 0 radical (unpaired) electrons. The van der Waals surface area contributed by atoms with Gasteiger partial charge in [0, 0.05) is 50.5 Å². The van der Waals surface area contributed by atoms with Crippen molar-refractivity contribution in [2.24, 2.45) is 5.41 Å². The van der Waals surface area contributed by atoms with Gasteiger partial charge in [-0.3, -0.25) is 9.59 Å². The molecule has 1 aromatic carbocycles. The second kappa shape index (κ2) is 11.6. The van der Waals surface area contributed by atoms with Gasteiger partial charge in [0.2, 0.25) is 0 Å². The lowest BCUT2D eigenvalue weighted by molar-refractivity contribution is -0.131. The number of anilines is 2. The molecule has 10 nitrogen and oxygen atoms in total. The Labute approximate surface area is 251 Å². The third-order valence-corrected chi connectivity index (χ3v) is 9.67. The van der Waals surface area contributed by atoms with Crippen LogP contribution in [0.15, 0.2) is 36.7 Å². The summed E-state index contributed by atoms with van der Waals surface area (Å²) in [5.41, 5.74) is 2.85. The zero-order valence-electron chi connectivity index (χ0n) is 24.9. The number of para-hydroxylation sites is 1. The number of fused-ring (bicyclic) bond motifs is 2. The van der Waals surface area contributed by atoms with E-state index in [0.29, 0.717) is 50.5 Å². The largest absolute Gasteiger partial charge is 0.462 e. The molecule has 6 rings (SSSR count). The van der Waals surface area contributed by atoms with Crippen LogP contribution in [0.2, 0.25) is 0 Å². The molecule has 43 heavy (non-hydrogen) atoms. The Morgan fingerprint density at radius 3 is 2.77 bits per heavy atom. The van der Waals surface area contributed by atoms with E-state index < -0.39 is 23.2 Å². The number of likely N-dealkylation sites (tertiary alicyclic amines) is 1. The van der Waals surface area contributed by atoms with Crippen molar-refractivity contribution in [1.29, 1.82) is 5.26 Å². The van der Waals surface area contributed by atoms with Crippen molar-refractivity contribution >= 4 is 23.2 Å². The van der Waals surface area contributed by atoms with Crippen molar-refractivity contribution in [3.8, 4) is 12.1 Å². The molecule has 1 aliphatic carbocycles. The monoisotopic (exact) mass is 587 g/mol. The Morgan fingerprint density at radius 1 is 1.21 bits per heavy atom. The van der Waals surface area contributed by atoms with E-state index in [1.807, 2.05) is 24.1 Å². The lowest BCUT2D eigenvalue weighted by Gasteiger charge is -2.45. The number of rotatable bonds is 6. The minimum absolute atomic E-state index is 0.00213. The zero-order chi connectivity index (χ0) is 30.3. The fourth-order valence-corrected chi connectivity index (χ4v) is 7.35. The van der Waals surface area contributed by atoms with Gasteiger partial charge >= 0.3 is 6.01 Å². The predicted molar refractivity (Wildman–Crippen MR) is 160 cm³/mol. The zero-order valence-corrected chi connectivity index (χ0v) is 24.9. The molecule has 4 aliphatic rings. The van der Waals surface area contributed by atoms with Crippen LogP contribution in [0, 0.1) is 16.7 Å². The molecule has 226 valence electrons. The molecule has 2 saturated heterocycles. The number of benzene rings is 1. The molecule has 1 spiro atoms. The minimum Gasteiger partial charge on any atom is -0.462 e. The quantitative estimate of drug-likeness (QED) is 0.471. The second-order valence-corrected chi connectivity index (χ2v) is 12.4. The van der Waals surface area contributed by atoms with Crippen molar-refractivity contribution in [1.82, 2.24) is 19.8 Å². The number of nitrogens with zero attached hydrogens (tertiary/aromatic N) is 7. The van der Waals surface area contributed by atoms with Gasteiger partial charge in [0.1, 0.15) is 18.1 Å². The lowest BCUT2D eigenvalue weighted by atomic mass is 9.66. The fourth-order valence-electron chi connectivity index (χ4n) is 7.35. The normalized spacial score (nSPS) is 25.3. The molecule has 0 unspecified atom stereocenters. The number of carbonyl (C=O) groups excluding carboxylic acids is 2. The van der Waals surface area contributed by atoms with Crippen LogP contribution < -0.4 is 14.5 Å². The van der Waals surface area contributed by atoms with Crippen molar-refractivity contribution < 1.29 is 18.7 Å². The molecule has 2 aromatic rings. The van der Waals surface area contributed by atoms with E-state index in [2.05, 4.69) is 41.6 Å². The van der Waals surface area contributed by atoms with Crippen molar-refractivity contribution in [2.45, 2.75) is 50.6 Å². The molecular weight excluding hydrogens is 549 g/mol. The van der Waals surface area contributed by atoms with E-state index in [4.69, 9.17) is 14.7 Å². The van der Waals surface area contributed by atoms with Crippen LogP contribution in [-0.2, 0) is 17.6 Å². The molecule has 0 bridgehead atoms. The highest BCUT2D eigenvalue weighted by Crippen LogP contribution is 2.46.